The Labute approximate surface area is 148 Å². The molecule has 0 unspecified atom stereocenters. The Bertz CT molecular complexity index is 946. The van der Waals surface area contributed by atoms with Crippen LogP contribution in [0.2, 0.25) is 0 Å². The molecule has 0 N–H and O–H groups in total. The molecule has 3 aromatic rings. The van der Waals surface area contributed by atoms with E-state index in [-0.39, 0.29) is 11.2 Å². The number of hydrogen-bond donors (Lipinski definition) is 0. The lowest BCUT2D eigenvalue weighted by atomic mass is 9.97. The number of rotatable bonds is 3. The third-order valence-electron chi connectivity index (χ3n) is 4.13. The highest BCUT2D eigenvalue weighted by atomic mass is 16.1. The van der Waals surface area contributed by atoms with Crippen LogP contribution < -0.4 is 0 Å². The molecule has 3 aromatic heterocycles. The molecule has 5 nitrogen and oxygen atoms in total. The fourth-order valence-corrected chi connectivity index (χ4v) is 3.11. The first-order valence-corrected chi connectivity index (χ1v) is 8.46. The van der Waals surface area contributed by atoms with Crippen molar-refractivity contribution in [2.24, 2.45) is 5.41 Å². The second-order valence-corrected chi connectivity index (χ2v) is 7.80. The van der Waals surface area contributed by atoms with Gasteiger partial charge >= 0.3 is 0 Å². The molecular formula is C20H24N4O. The summed E-state index contributed by atoms with van der Waals surface area (Å²) in [5.74, 6) is 0.789. The van der Waals surface area contributed by atoms with Crippen LogP contribution in [-0.2, 0) is 6.54 Å². The number of aryl methyl sites for hydroxylation is 2. The van der Waals surface area contributed by atoms with E-state index in [2.05, 4.69) is 35.3 Å². The number of carbonyl (C=O) groups is 1. The van der Waals surface area contributed by atoms with Crippen LogP contribution in [0.1, 0.15) is 49.6 Å². The van der Waals surface area contributed by atoms with E-state index < -0.39 is 0 Å². The Hall–Kier alpha value is -2.56. The van der Waals surface area contributed by atoms with E-state index in [1.54, 1.807) is 19.3 Å². The van der Waals surface area contributed by atoms with Crippen molar-refractivity contribution in [2.45, 2.75) is 48.1 Å². The molecule has 0 bridgehead atoms. The zero-order chi connectivity index (χ0) is 18.4. The van der Waals surface area contributed by atoms with Gasteiger partial charge in [-0.3, -0.25) is 9.78 Å². The van der Waals surface area contributed by atoms with E-state index in [1.165, 1.54) is 0 Å². The summed E-state index contributed by atoms with van der Waals surface area (Å²) < 4.78 is 2.16. The maximum absolute atomic E-state index is 12.2. The SMILES string of the molecule is CC(=O)c1cn(CC(C)(C)C)c2c(C)nc(-c3cnc(C)nc3)cc12. The first kappa shape index (κ1) is 17.3. The minimum Gasteiger partial charge on any atom is -0.345 e. The fraction of sp³-hybridized carbons (Fsp3) is 0.400. The lowest BCUT2D eigenvalue weighted by molar-refractivity contribution is 0.101. The molecule has 0 atom stereocenters. The van der Waals surface area contributed by atoms with E-state index in [4.69, 9.17) is 4.98 Å². The third kappa shape index (κ3) is 3.45. The molecule has 25 heavy (non-hydrogen) atoms. The molecule has 0 aliphatic rings. The minimum absolute atomic E-state index is 0.0642. The van der Waals surface area contributed by atoms with Gasteiger partial charge in [0.25, 0.3) is 0 Å². The molecule has 0 radical (unpaired) electrons. The number of hydrogen-bond acceptors (Lipinski definition) is 4. The zero-order valence-corrected chi connectivity index (χ0v) is 15.7. The summed E-state index contributed by atoms with van der Waals surface area (Å²) in [5, 5.41) is 0.944. The number of fused-ring (bicyclic) bond motifs is 1. The molecule has 130 valence electrons. The summed E-state index contributed by atoms with van der Waals surface area (Å²) in [6.45, 7) is 12.8. The molecule has 3 heterocycles. The van der Waals surface area contributed by atoms with E-state index in [1.807, 2.05) is 26.1 Å². The van der Waals surface area contributed by atoms with Crippen molar-refractivity contribution in [1.29, 1.82) is 0 Å². The quantitative estimate of drug-likeness (QED) is 0.667. The highest BCUT2D eigenvalue weighted by Crippen LogP contribution is 2.30. The Balaban J connectivity index is 2.24. The third-order valence-corrected chi connectivity index (χ3v) is 4.13. The molecule has 0 aromatic carbocycles. The maximum Gasteiger partial charge on any atom is 0.161 e. The van der Waals surface area contributed by atoms with Crippen LogP contribution in [0.3, 0.4) is 0 Å². The van der Waals surface area contributed by atoms with Gasteiger partial charge in [0, 0.05) is 41.6 Å². The summed E-state index contributed by atoms with van der Waals surface area (Å²) in [6, 6.07) is 1.98. The van der Waals surface area contributed by atoms with Crippen LogP contribution in [0.5, 0.6) is 0 Å². The number of carbonyl (C=O) groups excluding carboxylic acids is 1. The number of nitrogens with zero attached hydrogens (tertiary/aromatic N) is 4. The molecule has 0 spiro atoms. The summed E-state index contributed by atoms with van der Waals surface area (Å²) >= 11 is 0. The van der Waals surface area contributed by atoms with Gasteiger partial charge in [-0.15, -0.1) is 0 Å². The summed E-state index contributed by atoms with van der Waals surface area (Å²) in [6.07, 6.45) is 5.51. The van der Waals surface area contributed by atoms with Crippen LogP contribution in [0.15, 0.2) is 24.7 Å². The van der Waals surface area contributed by atoms with Gasteiger partial charge in [-0.25, -0.2) is 9.97 Å². The van der Waals surface area contributed by atoms with Crippen molar-refractivity contribution in [2.75, 3.05) is 0 Å². The standard InChI is InChI=1S/C20H24N4O/c1-12-19-16(7-18(23-12)15-8-21-14(3)22-9-15)17(13(2)25)10-24(19)11-20(4,5)6/h7-10H,11H2,1-6H3. The molecular weight excluding hydrogens is 312 g/mol. The largest absolute Gasteiger partial charge is 0.345 e. The zero-order valence-electron chi connectivity index (χ0n) is 15.7. The minimum atomic E-state index is 0.0642. The van der Waals surface area contributed by atoms with Gasteiger partial charge in [0.15, 0.2) is 5.78 Å². The molecule has 0 saturated heterocycles. The first-order chi connectivity index (χ1) is 11.7. The topological polar surface area (TPSA) is 60.7 Å². The van der Waals surface area contributed by atoms with Gasteiger partial charge in [-0.1, -0.05) is 20.8 Å². The second kappa shape index (κ2) is 6.06. The highest BCUT2D eigenvalue weighted by Gasteiger charge is 2.20. The molecule has 3 rings (SSSR count). The number of pyridine rings is 1. The average molecular weight is 336 g/mol. The molecule has 0 fully saturated rings. The number of Topliss-reactive ketones (excluding diaryl/α,β-unsaturated/α-hetero) is 1. The molecule has 0 aliphatic carbocycles. The Morgan fingerprint density at radius 2 is 1.80 bits per heavy atom. The smallest absolute Gasteiger partial charge is 0.161 e. The molecule has 0 aliphatic heterocycles. The average Bonchev–Trinajstić information content (AvgIpc) is 2.85. The first-order valence-electron chi connectivity index (χ1n) is 8.46. The van der Waals surface area contributed by atoms with Gasteiger partial charge < -0.3 is 4.57 Å². The Morgan fingerprint density at radius 3 is 2.36 bits per heavy atom. The van der Waals surface area contributed by atoms with Crippen LogP contribution >= 0.6 is 0 Å². The monoisotopic (exact) mass is 336 g/mol. The maximum atomic E-state index is 12.2. The predicted molar refractivity (Wildman–Crippen MR) is 99.7 cm³/mol. The van der Waals surface area contributed by atoms with Gasteiger partial charge in [-0.05, 0) is 32.3 Å². The normalized spacial score (nSPS) is 11.9. The van der Waals surface area contributed by atoms with Crippen LogP contribution in [-0.4, -0.2) is 25.3 Å². The highest BCUT2D eigenvalue weighted by molar-refractivity contribution is 6.08. The van der Waals surface area contributed by atoms with E-state index in [0.29, 0.717) is 0 Å². The van der Waals surface area contributed by atoms with Gasteiger partial charge in [0.2, 0.25) is 0 Å². The van der Waals surface area contributed by atoms with Crippen LogP contribution in [0.25, 0.3) is 22.2 Å². The van der Waals surface area contributed by atoms with Gasteiger partial charge in [0.1, 0.15) is 5.82 Å². The summed E-state index contributed by atoms with van der Waals surface area (Å²) in [7, 11) is 0. The van der Waals surface area contributed by atoms with E-state index >= 15 is 0 Å². The van der Waals surface area contributed by atoms with Crippen LogP contribution in [0, 0.1) is 19.3 Å². The lowest BCUT2D eigenvalue weighted by Crippen LogP contribution is -2.15. The van der Waals surface area contributed by atoms with Crippen molar-refractivity contribution in [3.05, 3.63) is 41.7 Å². The fourth-order valence-electron chi connectivity index (χ4n) is 3.11. The van der Waals surface area contributed by atoms with E-state index in [9.17, 15) is 4.79 Å². The second-order valence-electron chi connectivity index (χ2n) is 7.80. The lowest BCUT2D eigenvalue weighted by Gasteiger charge is -2.20. The van der Waals surface area contributed by atoms with Gasteiger partial charge in [0.05, 0.1) is 16.9 Å². The molecule has 0 saturated carbocycles. The molecule has 5 heteroatoms. The van der Waals surface area contributed by atoms with Crippen molar-refractivity contribution in [3.8, 4) is 11.3 Å². The van der Waals surface area contributed by atoms with Gasteiger partial charge in [-0.2, -0.15) is 0 Å². The number of aromatic nitrogens is 4. The van der Waals surface area contributed by atoms with E-state index in [0.717, 1.165) is 45.8 Å². The van der Waals surface area contributed by atoms with Crippen molar-refractivity contribution in [3.63, 3.8) is 0 Å². The predicted octanol–water partition coefficient (Wildman–Crippen LogP) is 4.36. The Kier molecular flexibility index (Phi) is 4.19. The summed E-state index contributed by atoms with van der Waals surface area (Å²) in [5.41, 5.74) is 4.42. The van der Waals surface area contributed by atoms with Crippen molar-refractivity contribution < 1.29 is 4.79 Å². The van der Waals surface area contributed by atoms with Crippen molar-refractivity contribution >= 4 is 16.7 Å². The Morgan fingerprint density at radius 1 is 1.16 bits per heavy atom. The summed E-state index contributed by atoms with van der Waals surface area (Å²) in [4.78, 5) is 25.4. The van der Waals surface area contributed by atoms with Crippen LogP contribution in [0.4, 0.5) is 0 Å². The number of ketones is 1. The molecule has 0 amide bonds. The van der Waals surface area contributed by atoms with Crippen molar-refractivity contribution in [1.82, 2.24) is 19.5 Å².